The molecule has 0 bridgehead atoms. The molecule has 25 heavy (non-hydrogen) atoms. The Balaban J connectivity index is 1.62. The van der Waals surface area contributed by atoms with Crippen LogP contribution in [-0.2, 0) is 9.47 Å². The number of hydrogen-bond donors (Lipinski definition) is 0. The summed E-state index contributed by atoms with van der Waals surface area (Å²) in [5.41, 5.74) is 0.953. The van der Waals surface area contributed by atoms with Crippen molar-refractivity contribution in [3.63, 3.8) is 0 Å². The zero-order valence-corrected chi connectivity index (χ0v) is 14.5. The smallest absolute Gasteiger partial charge is 0.149 e. The van der Waals surface area contributed by atoms with Crippen LogP contribution < -0.4 is 0 Å². The summed E-state index contributed by atoms with van der Waals surface area (Å²) in [6, 6.07) is 8.13. The first-order valence-electron chi connectivity index (χ1n) is 8.66. The maximum Gasteiger partial charge on any atom is 0.149 e. The lowest BCUT2D eigenvalue weighted by Crippen LogP contribution is -2.31. The zero-order chi connectivity index (χ0) is 17.5. The number of aromatic nitrogens is 2. The monoisotopic (exact) mass is 345 g/mol. The van der Waals surface area contributed by atoms with Crippen molar-refractivity contribution in [2.24, 2.45) is 0 Å². The van der Waals surface area contributed by atoms with Gasteiger partial charge in [0.2, 0.25) is 0 Å². The summed E-state index contributed by atoms with van der Waals surface area (Å²) in [7, 11) is 2.00. The van der Waals surface area contributed by atoms with Gasteiger partial charge in [0.05, 0.1) is 25.4 Å². The van der Waals surface area contributed by atoms with Crippen LogP contribution in [0.2, 0.25) is 0 Å². The van der Waals surface area contributed by atoms with E-state index in [0.29, 0.717) is 25.6 Å². The Bertz CT molecular complexity index is 633. The standard InChI is InChI=1S/C19H24FN3O2/c1-23(11-13-24-14-17-4-2-12-25-17)18(19-21-9-3-10-22-19)15-5-7-16(20)8-6-15/h3,5-10,17-18H,2,4,11-14H2,1H3. The maximum absolute atomic E-state index is 13.3. The fourth-order valence-corrected chi connectivity index (χ4v) is 3.03. The Kier molecular flexibility index (Phi) is 6.44. The van der Waals surface area contributed by atoms with E-state index in [4.69, 9.17) is 9.47 Å². The number of rotatable bonds is 8. The van der Waals surface area contributed by atoms with Gasteiger partial charge in [0.15, 0.2) is 0 Å². The van der Waals surface area contributed by atoms with Crippen LogP contribution in [-0.4, -0.2) is 54.4 Å². The number of hydrogen-bond acceptors (Lipinski definition) is 5. The largest absolute Gasteiger partial charge is 0.377 e. The van der Waals surface area contributed by atoms with Gasteiger partial charge in [-0.2, -0.15) is 0 Å². The molecule has 3 rings (SSSR count). The molecule has 1 aliphatic rings. The molecule has 1 fully saturated rings. The van der Waals surface area contributed by atoms with Gasteiger partial charge in [-0.3, -0.25) is 4.90 Å². The molecule has 0 radical (unpaired) electrons. The molecule has 0 amide bonds. The van der Waals surface area contributed by atoms with Crippen LogP contribution >= 0.6 is 0 Å². The van der Waals surface area contributed by atoms with Gasteiger partial charge >= 0.3 is 0 Å². The van der Waals surface area contributed by atoms with Gasteiger partial charge in [-0.15, -0.1) is 0 Å². The Hall–Kier alpha value is -1.89. The van der Waals surface area contributed by atoms with Crippen molar-refractivity contribution >= 4 is 0 Å². The van der Waals surface area contributed by atoms with E-state index in [9.17, 15) is 4.39 Å². The molecule has 2 aromatic rings. The predicted molar refractivity (Wildman–Crippen MR) is 92.7 cm³/mol. The lowest BCUT2D eigenvalue weighted by Gasteiger charge is -2.27. The molecule has 2 atom stereocenters. The molecule has 5 nitrogen and oxygen atoms in total. The van der Waals surface area contributed by atoms with E-state index in [1.165, 1.54) is 12.1 Å². The normalized spacial score (nSPS) is 18.6. The van der Waals surface area contributed by atoms with Crippen molar-refractivity contribution in [2.75, 3.05) is 33.4 Å². The Morgan fingerprint density at radius 3 is 2.72 bits per heavy atom. The van der Waals surface area contributed by atoms with Crippen LogP contribution in [0.4, 0.5) is 4.39 Å². The van der Waals surface area contributed by atoms with Crippen LogP contribution in [0.15, 0.2) is 42.7 Å². The maximum atomic E-state index is 13.3. The van der Waals surface area contributed by atoms with Crippen LogP contribution in [0, 0.1) is 5.82 Å². The Morgan fingerprint density at radius 2 is 2.04 bits per heavy atom. The molecular weight excluding hydrogens is 321 g/mol. The summed E-state index contributed by atoms with van der Waals surface area (Å²) >= 11 is 0. The first-order chi connectivity index (χ1) is 12.2. The molecule has 0 spiro atoms. The number of benzene rings is 1. The molecule has 6 heteroatoms. The van der Waals surface area contributed by atoms with Gasteiger partial charge < -0.3 is 9.47 Å². The average Bonchev–Trinajstić information content (AvgIpc) is 3.15. The van der Waals surface area contributed by atoms with Crippen molar-refractivity contribution in [3.05, 3.63) is 59.9 Å². The molecule has 0 aliphatic carbocycles. The van der Waals surface area contributed by atoms with Crippen LogP contribution in [0.3, 0.4) is 0 Å². The van der Waals surface area contributed by atoms with Gasteiger partial charge in [-0.25, -0.2) is 14.4 Å². The highest BCUT2D eigenvalue weighted by Gasteiger charge is 2.22. The Labute approximate surface area is 147 Å². The van der Waals surface area contributed by atoms with Crippen molar-refractivity contribution in [2.45, 2.75) is 25.0 Å². The minimum Gasteiger partial charge on any atom is -0.377 e. The Morgan fingerprint density at radius 1 is 1.28 bits per heavy atom. The van der Waals surface area contributed by atoms with Gasteiger partial charge in [0.1, 0.15) is 11.6 Å². The van der Waals surface area contributed by atoms with E-state index in [-0.39, 0.29) is 18.0 Å². The summed E-state index contributed by atoms with van der Waals surface area (Å²) in [4.78, 5) is 10.9. The lowest BCUT2D eigenvalue weighted by molar-refractivity contribution is 0.0102. The first kappa shape index (κ1) is 17.9. The van der Waals surface area contributed by atoms with Crippen molar-refractivity contribution in [3.8, 4) is 0 Å². The van der Waals surface area contributed by atoms with Crippen LogP contribution in [0.1, 0.15) is 30.3 Å². The molecule has 0 N–H and O–H groups in total. The number of likely N-dealkylation sites (N-methyl/N-ethyl adjacent to an activating group) is 1. The molecule has 1 aromatic carbocycles. The van der Waals surface area contributed by atoms with Crippen LogP contribution in [0.5, 0.6) is 0 Å². The van der Waals surface area contributed by atoms with E-state index < -0.39 is 0 Å². The molecule has 2 unspecified atom stereocenters. The zero-order valence-electron chi connectivity index (χ0n) is 14.5. The van der Waals surface area contributed by atoms with E-state index in [1.54, 1.807) is 30.6 Å². The second-order valence-electron chi connectivity index (χ2n) is 6.25. The van der Waals surface area contributed by atoms with Crippen molar-refractivity contribution in [1.82, 2.24) is 14.9 Å². The van der Waals surface area contributed by atoms with Crippen molar-refractivity contribution < 1.29 is 13.9 Å². The summed E-state index contributed by atoms with van der Waals surface area (Å²) in [6.07, 6.45) is 5.87. The third-order valence-electron chi connectivity index (χ3n) is 4.37. The topological polar surface area (TPSA) is 47.5 Å². The average molecular weight is 345 g/mol. The first-order valence-corrected chi connectivity index (χ1v) is 8.66. The second kappa shape index (κ2) is 8.99. The third kappa shape index (κ3) is 5.04. The fraction of sp³-hybridized carbons (Fsp3) is 0.474. The second-order valence-corrected chi connectivity index (χ2v) is 6.25. The minimum atomic E-state index is -0.251. The minimum absolute atomic E-state index is 0.145. The molecule has 134 valence electrons. The quantitative estimate of drug-likeness (QED) is 0.689. The van der Waals surface area contributed by atoms with Gasteiger partial charge in [0, 0.05) is 25.5 Å². The molecule has 1 aliphatic heterocycles. The summed E-state index contributed by atoms with van der Waals surface area (Å²) < 4.78 is 24.6. The SMILES string of the molecule is CN(CCOCC1CCCO1)C(c1ccc(F)cc1)c1ncccn1. The molecule has 2 heterocycles. The lowest BCUT2D eigenvalue weighted by atomic mass is 10.0. The van der Waals surface area contributed by atoms with E-state index in [0.717, 1.165) is 25.0 Å². The fourth-order valence-electron chi connectivity index (χ4n) is 3.03. The molecule has 0 saturated carbocycles. The van der Waals surface area contributed by atoms with E-state index >= 15 is 0 Å². The summed E-state index contributed by atoms with van der Waals surface area (Å²) in [5, 5.41) is 0. The highest BCUT2D eigenvalue weighted by atomic mass is 19.1. The van der Waals surface area contributed by atoms with Gasteiger partial charge in [0.25, 0.3) is 0 Å². The summed E-state index contributed by atoms with van der Waals surface area (Å²) in [6.45, 7) is 2.79. The number of nitrogens with zero attached hydrogens (tertiary/aromatic N) is 3. The predicted octanol–water partition coefficient (Wildman–Crippen LogP) is 2.83. The third-order valence-corrected chi connectivity index (χ3v) is 4.37. The highest BCUT2D eigenvalue weighted by molar-refractivity contribution is 5.25. The van der Waals surface area contributed by atoms with E-state index in [2.05, 4.69) is 14.9 Å². The van der Waals surface area contributed by atoms with Gasteiger partial charge in [-0.05, 0) is 43.7 Å². The highest BCUT2D eigenvalue weighted by Crippen LogP contribution is 2.24. The van der Waals surface area contributed by atoms with Crippen molar-refractivity contribution in [1.29, 1.82) is 0 Å². The molecular formula is C19H24FN3O2. The molecule has 1 saturated heterocycles. The van der Waals surface area contributed by atoms with E-state index in [1.807, 2.05) is 7.05 Å². The molecule has 1 aromatic heterocycles. The van der Waals surface area contributed by atoms with Crippen LogP contribution in [0.25, 0.3) is 0 Å². The number of ether oxygens (including phenoxy) is 2. The number of halogens is 1. The summed E-state index contributed by atoms with van der Waals surface area (Å²) in [5.74, 6) is 0.440. The van der Waals surface area contributed by atoms with Gasteiger partial charge in [-0.1, -0.05) is 12.1 Å².